The molecule has 0 aliphatic carbocycles. The maximum absolute atomic E-state index is 12.5. The number of piperidine rings is 1. The highest BCUT2D eigenvalue weighted by Crippen LogP contribution is 2.28. The van der Waals surface area contributed by atoms with Gasteiger partial charge in [-0.3, -0.25) is 24.2 Å². The molecule has 1 N–H and O–H groups in total. The van der Waals surface area contributed by atoms with E-state index in [0.717, 1.165) is 35.8 Å². The zero-order valence-electron chi connectivity index (χ0n) is 19.3. The van der Waals surface area contributed by atoms with Crippen molar-refractivity contribution in [1.29, 1.82) is 0 Å². The molecule has 3 aromatic rings. The smallest absolute Gasteiger partial charge is 0.261 e. The van der Waals surface area contributed by atoms with E-state index in [0.29, 0.717) is 22.7 Å². The molecule has 0 bridgehead atoms. The van der Waals surface area contributed by atoms with E-state index in [1.807, 2.05) is 6.07 Å². The third kappa shape index (κ3) is 4.74. The lowest BCUT2D eigenvalue weighted by molar-refractivity contribution is -0.116. The summed E-state index contributed by atoms with van der Waals surface area (Å²) in [6, 6.07) is 13.1. The van der Waals surface area contributed by atoms with Gasteiger partial charge in [0.25, 0.3) is 11.8 Å². The van der Waals surface area contributed by atoms with Gasteiger partial charge in [0.15, 0.2) is 5.13 Å². The first-order valence-electron chi connectivity index (χ1n) is 11.8. The molecule has 0 saturated carbocycles. The van der Waals surface area contributed by atoms with E-state index < -0.39 is 0 Å². The molecule has 34 heavy (non-hydrogen) atoms. The van der Waals surface area contributed by atoms with E-state index in [9.17, 15) is 14.4 Å². The SMILES string of the molecule is CC1CCN(Cc2ccc3nc(NC(=O)CCCN4C(=O)c5ccccc5C4=O)sc3c2)CC1. The fraction of sp³-hybridized carbons (Fsp3) is 0.385. The second-order valence-corrected chi connectivity index (χ2v) is 10.3. The number of hydrogen-bond acceptors (Lipinski definition) is 6. The van der Waals surface area contributed by atoms with Gasteiger partial charge in [-0.15, -0.1) is 0 Å². The van der Waals surface area contributed by atoms with Gasteiger partial charge in [0.1, 0.15) is 0 Å². The third-order valence-electron chi connectivity index (χ3n) is 6.65. The Bertz CT molecular complexity index is 1210. The Balaban J connectivity index is 1.13. The van der Waals surface area contributed by atoms with E-state index in [2.05, 4.69) is 34.3 Å². The molecule has 176 valence electrons. The van der Waals surface area contributed by atoms with Gasteiger partial charge in [0, 0.05) is 19.5 Å². The number of imide groups is 1. The third-order valence-corrected chi connectivity index (χ3v) is 7.58. The molecule has 2 aliphatic heterocycles. The van der Waals surface area contributed by atoms with Crippen molar-refractivity contribution in [2.75, 3.05) is 25.0 Å². The van der Waals surface area contributed by atoms with Gasteiger partial charge in [0.2, 0.25) is 5.91 Å². The van der Waals surface area contributed by atoms with Gasteiger partial charge in [-0.2, -0.15) is 0 Å². The minimum absolute atomic E-state index is 0.168. The maximum atomic E-state index is 12.5. The Morgan fingerprint density at radius 3 is 2.50 bits per heavy atom. The molecular weight excluding hydrogens is 448 g/mol. The summed E-state index contributed by atoms with van der Waals surface area (Å²) in [5, 5.41) is 3.45. The number of nitrogens with one attached hydrogen (secondary N) is 1. The van der Waals surface area contributed by atoms with Gasteiger partial charge >= 0.3 is 0 Å². The van der Waals surface area contributed by atoms with Crippen molar-refractivity contribution < 1.29 is 14.4 Å². The van der Waals surface area contributed by atoms with E-state index >= 15 is 0 Å². The summed E-state index contributed by atoms with van der Waals surface area (Å²) in [6.45, 7) is 5.77. The summed E-state index contributed by atoms with van der Waals surface area (Å²) in [7, 11) is 0. The number of aromatic nitrogens is 1. The molecule has 2 aromatic carbocycles. The van der Waals surface area contributed by atoms with Crippen LogP contribution >= 0.6 is 11.3 Å². The van der Waals surface area contributed by atoms with Crippen molar-refractivity contribution in [3.05, 3.63) is 59.2 Å². The monoisotopic (exact) mass is 476 g/mol. The predicted octanol–water partition coefficient (Wildman–Crippen LogP) is 4.54. The van der Waals surface area contributed by atoms with Gasteiger partial charge in [-0.05, 0) is 68.1 Å². The molecule has 1 aromatic heterocycles. The van der Waals surface area contributed by atoms with Crippen LogP contribution in [-0.4, -0.2) is 52.1 Å². The van der Waals surface area contributed by atoms with Crippen LogP contribution in [0.25, 0.3) is 10.2 Å². The second kappa shape index (κ2) is 9.64. The number of rotatable bonds is 7. The lowest BCUT2D eigenvalue weighted by Crippen LogP contribution is -2.32. The van der Waals surface area contributed by atoms with Gasteiger partial charge in [0.05, 0.1) is 21.3 Å². The predicted molar refractivity (Wildman–Crippen MR) is 133 cm³/mol. The van der Waals surface area contributed by atoms with E-state index in [-0.39, 0.29) is 30.7 Å². The van der Waals surface area contributed by atoms with Crippen LogP contribution in [-0.2, 0) is 11.3 Å². The second-order valence-electron chi connectivity index (χ2n) is 9.24. The highest BCUT2D eigenvalue weighted by molar-refractivity contribution is 7.22. The maximum Gasteiger partial charge on any atom is 0.261 e. The van der Waals surface area contributed by atoms with Gasteiger partial charge in [-0.1, -0.05) is 36.5 Å². The molecule has 0 spiro atoms. The Morgan fingerprint density at radius 1 is 1.09 bits per heavy atom. The summed E-state index contributed by atoms with van der Waals surface area (Å²) >= 11 is 1.47. The summed E-state index contributed by atoms with van der Waals surface area (Å²) < 4.78 is 1.06. The van der Waals surface area contributed by atoms with E-state index in [1.54, 1.807) is 24.3 Å². The zero-order valence-corrected chi connectivity index (χ0v) is 20.1. The Kier molecular flexibility index (Phi) is 6.43. The fourth-order valence-corrected chi connectivity index (χ4v) is 5.57. The Morgan fingerprint density at radius 2 is 1.79 bits per heavy atom. The number of likely N-dealkylation sites (tertiary alicyclic amines) is 1. The first kappa shape index (κ1) is 22.7. The first-order valence-corrected chi connectivity index (χ1v) is 12.7. The molecule has 7 nitrogen and oxygen atoms in total. The van der Waals surface area contributed by atoms with Crippen LogP contribution < -0.4 is 5.32 Å². The van der Waals surface area contributed by atoms with Crippen molar-refractivity contribution >= 4 is 44.4 Å². The number of amides is 3. The fourth-order valence-electron chi connectivity index (χ4n) is 4.62. The Labute approximate surface area is 202 Å². The number of fused-ring (bicyclic) bond motifs is 2. The number of thiazole rings is 1. The molecule has 0 unspecified atom stereocenters. The molecule has 3 amide bonds. The molecule has 0 atom stereocenters. The van der Waals surface area contributed by atoms with E-state index in [4.69, 9.17) is 0 Å². The number of anilines is 1. The molecule has 8 heteroatoms. The van der Waals surface area contributed by atoms with Gasteiger partial charge < -0.3 is 5.32 Å². The van der Waals surface area contributed by atoms with Crippen LogP contribution in [0.15, 0.2) is 42.5 Å². The summed E-state index contributed by atoms with van der Waals surface area (Å²) in [5.41, 5.74) is 3.01. The highest BCUT2D eigenvalue weighted by Gasteiger charge is 2.34. The van der Waals surface area contributed by atoms with Crippen LogP contribution in [0.3, 0.4) is 0 Å². The van der Waals surface area contributed by atoms with Crippen LogP contribution in [0, 0.1) is 5.92 Å². The molecule has 2 aliphatic rings. The van der Waals surface area contributed by atoms with Crippen LogP contribution in [0.2, 0.25) is 0 Å². The number of nitrogens with zero attached hydrogens (tertiary/aromatic N) is 3. The average molecular weight is 477 g/mol. The van der Waals surface area contributed by atoms with Crippen molar-refractivity contribution in [1.82, 2.24) is 14.8 Å². The summed E-state index contributed by atoms with van der Waals surface area (Å²) in [5.74, 6) is 0.0708. The molecule has 1 saturated heterocycles. The number of hydrogen-bond donors (Lipinski definition) is 1. The van der Waals surface area contributed by atoms with Crippen LogP contribution in [0.4, 0.5) is 5.13 Å². The zero-order chi connectivity index (χ0) is 23.7. The van der Waals surface area contributed by atoms with Crippen LogP contribution in [0.1, 0.15) is 58.9 Å². The normalized spacial score (nSPS) is 16.9. The number of benzene rings is 2. The molecule has 5 rings (SSSR count). The molecule has 0 radical (unpaired) electrons. The number of carbonyl (C=O) groups excluding carboxylic acids is 3. The van der Waals surface area contributed by atoms with Crippen molar-refractivity contribution in [3.63, 3.8) is 0 Å². The summed E-state index contributed by atoms with van der Waals surface area (Å²) in [4.78, 5) is 45.6. The quantitative estimate of drug-likeness (QED) is 0.506. The minimum Gasteiger partial charge on any atom is -0.302 e. The Hall–Kier alpha value is -3.10. The summed E-state index contributed by atoms with van der Waals surface area (Å²) in [6.07, 6.45) is 3.13. The molecule has 1 fully saturated rings. The lowest BCUT2D eigenvalue weighted by atomic mass is 9.99. The minimum atomic E-state index is -0.290. The highest BCUT2D eigenvalue weighted by atomic mass is 32.1. The van der Waals surface area contributed by atoms with Gasteiger partial charge in [-0.25, -0.2) is 4.98 Å². The van der Waals surface area contributed by atoms with Crippen molar-refractivity contribution in [2.45, 2.75) is 39.2 Å². The van der Waals surface area contributed by atoms with Crippen molar-refractivity contribution in [2.24, 2.45) is 5.92 Å². The molecule has 3 heterocycles. The van der Waals surface area contributed by atoms with Crippen molar-refractivity contribution in [3.8, 4) is 0 Å². The first-order chi connectivity index (χ1) is 16.5. The topological polar surface area (TPSA) is 82.6 Å². The van der Waals surface area contributed by atoms with E-state index in [1.165, 1.54) is 34.6 Å². The largest absolute Gasteiger partial charge is 0.302 e. The average Bonchev–Trinajstić information content (AvgIpc) is 3.34. The number of carbonyl (C=O) groups is 3. The lowest BCUT2D eigenvalue weighted by Gasteiger charge is -2.30. The van der Waals surface area contributed by atoms with Crippen LogP contribution in [0.5, 0.6) is 0 Å². The molecular formula is C26H28N4O3S. The standard InChI is InChI=1S/C26H28N4O3S/c1-17-10-13-29(14-11-17)16-18-8-9-21-22(15-18)34-26(27-21)28-23(31)7-4-12-30-24(32)19-5-2-3-6-20(19)25(30)33/h2-3,5-6,8-9,15,17H,4,7,10-14,16H2,1H3,(H,27,28,31).